The molecule has 5 nitrogen and oxygen atoms in total. The SMILES string of the molecule is O=C(NC1CCCN(C(=O)C2(c3ccc(Cl)cc3)CC2)C1)C1CCCO1. The van der Waals surface area contributed by atoms with E-state index in [-0.39, 0.29) is 29.4 Å². The first-order valence-corrected chi connectivity index (χ1v) is 9.94. The van der Waals surface area contributed by atoms with Gasteiger partial charge in [0.2, 0.25) is 11.8 Å². The van der Waals surface area contributed by atoms with Crippen molar-refractivity contribution in [3.8, 4) is 0 Å². The van der Waals surface area contributed by atoms with Crippen molar-refractivity contribution in [3.63, 3.8) is 0 Å². The third-order valence-corrected chi connectivity index (χ3v) is 6.09. The fourth-order valence-electron chi connectivity index (χ4n) is 4.18. The molecule has 2 amide bonds. The highest BCUT2D eigenvalue weighted by Gasteiger charge is 2.53. The zero-order valence-electron chi connectivity index (χ0n) is 14.9. The van der Waals surface area contributed by atoms with Crippen molar-refractivity contribution in [2.75, 3.05) is 19.7 Å². The van der Waals surface area contributed by atoms with E-state index < -0.39 is 0 Å². The first-order valence-electron chi connectivity index (χ1n) is 9.56. The molecule has 26 heavy (non-hydrogen) atoms. The molecule has 6 heteroatoms. The van der Waals surface area contributed by atoms with Gasteiger partial charge in [0.05, 0.1) is 5.41 Å². The Morgan fingerprint density at radius 1 is 1.15 bits per heavy atom. The number of carbonyl (C=O) groups is 2. The fraction of sp³-hybridized carbons (Fsp3) is 0.600. The number of rotatable bonds is 4. The van der Waals surface area contributed by atoms with Crippen molar-refractivity contribution in [1.29, 1.82) is 0 Å². The first kappa shape index (κ1) is 17.8. The predicted molar refractivity (Wildman–Crippen MR) is 99.1 cm³/mol. The highest BCUT2D eigenvalue weighted by molar-refractivity contribution is 6.30. The molecule has 2 saturated heterocycles. The van der Waals surface area contributed by atoms with Crippen LogP contribution in [0, 0.1) is 0 Å². The second kappa shape index (κ2) is 7.20. The number of nitrogens with zero attached hydrogens (tertiary/aromatic N) is 1. The molecule has 1 N–H and O–H groups in total. The molecule has 2 atom stereocenters. The summed E-state index contributed by atoms with van der Waals surface area (Å²) in [5.74, 6) is 0.163. The summed E-state index contributed by atoms with van der Waals surface area (Å²) in [6.07, 6.45) is 5.02. The van der Waals surface area contributed by atoms with Crippen molar-refractivity contribution >= 4 is 23.4 Å². The van der Waals surface area contributed by atoms with E-state index in [4.69, 9.17) is 16.3 Å². The lowest BCUT2D eigenvalue weighted by Crippen LogP contribution is -2.53. The van der Waals surface area contributed by atoms with Crippen molar-refractivity contribution in [1.82, 2.24) is 10.2 Å². The van der Waals surface area contributed by atoms with Gasteiger partial charge in [-0.3, -0.25) is 9.59 Å². The molecule has 2 unspecified atom stereocenters. The molecule has 0 bridgehead atoms. The number of likely N-dealkylation sites (tertiary alicyclic amines) is 1. The Morgan fingerprint density at radius 3 is 2.58 bits per heavy atom. The van der Waals surface area contributed by atoms with E-state index in [2.05, 4.69) is 5.32 Å². The lowest BCUT2D eigenvalue weighted by Gasteiger charge is -2.36. The molecule has 0 spiro atoms. The van der Waals surface area contributed by atoms with Crippen LogP contribution < -0.4 is 5.32 Å². The van der Waals surface area contributed by atoms with Gasteiger partial charge in [0.15, 0.2) is 0 Å². The summed E-state index contributed by atoms with van der Waals surface area (Å²) in [5, 5.41) is 3.78. The normalized spacial score (nSPS) is 27.2. The molecule has 1 aromatic carbocycles. The van der Waals surface area contributed by atoms with Crippen LogP contribution in [0.5, 0.6) is 0 Å². The minimum atomic E-state index is -0.384. The molecule has 1 saturated carbocycles. The number of hydrogen-bond acceptors (Lipinski definition) is 3. The summed E-state index contributed by atoms with van der Waals surface area (Å²) in [6, 6.07) is 7.66. The Labute approximate surface area is 159 Å². The number of carbonyl (C=O) groups excluding carboxylic acids is 2. The third kappa shape index (κ3) is 3.47. The summed E-state index contributed by atoms with van der Waals surface area (Å²) in [7, 11) is 0. The largest absolute Gasteiger partial charge is 0.368 e. The van der Waals surface area contributed by atoms with Crippen molar-refractivity contribution < 1.29 is 14.3 Å². The van der Waals surface area contributed by atoms with E-state index in [1.165, 1.54) is 0 Å². The number of ether oxygens (including phenoxy) is 1. The number of nitrogens with one attached hydrogen (secondary N) is 1. The first-order chi connectivity index (χ1) is 12.6. The van der Waals surface area contributed by atoms with Crippen LogP contribution >= 0.6 is 11.6 Å². The van der Waals surface area contributed by atoms with Gasteiger partial charge < -0.3 is 15.0 Å². The van der Waals surface area contributed by atoms with E-state index in [1.54, 1.807) is 0 Å². The Balaban J connectivity index is 1.40. The zero-order chi connectivity index (χ0) is 18.1. The topological polar surface area (TPSA) is 58.6 Å². The maximum atomic E-state index is 13.2. The molecule has 1 aromatic rings. The highest BCUT2D eigenvalue weighted by atomic mass is 35.5. The molecule has 0 aromatic heterocycles. The number of piperidine rings is 1. The Bertz CT molecular complexity index is 681. The Kier molecular flexibility index (Phi) is 4.93. The van der Waals surface area contributed by atoms with Gasteiger partial charge in [0.25, 0.3) is 0 Å². The van der Waals surface area contributed by atoms with E-state index in [0.717, 1.165) is 50.6 Å². The molecule has 2 aliphatic heterocycles. The second-order valence-corrected chi connectivity index (χ2v) is 8.13. The monoisotopic (exact) mass is 376 g/mol. The maximum Gasteiger partial charge on any atom is 0.249 e. The van der Waals surface area contributed by atoms with E-state index >= 15 is 0 Å². The quantitative estimate of drug-likeness (QED) is 0.878. The van der Waals surface area contributed by atoms with Gasteiger partial charge in [0.1, 0.15) is 6.10 Å². The van der Waals surface area contributed by atoms with Crippen LogP contribution in [0.25, 0.3) is 0 Å². The predicted octanol–water partition coefficient (Wildman–Crippen LogP) is 2.66. The molecule has 0 radical (unpaired) electrons. The summed E-state index contributed by atoms with van der Waals surface area (Å²) in [4.78, 5) is 27.4. The molecule has 3 fully saturated rings. The van der Waals surface area contributed by atoms with Gasteiger partial charge in [0, 0.05) is 30.8 Å². The number of amides is 2. The maximum absolute atomic E-state index is 13.2. The van der Waals surface area contributed by atoms with Crippen LogP contribution in [0.15, 0.2) is 24.3 Å². The van der Waals surface area contributed by atoms with Crippen LogP contribution in [-0.4, -0.2) is 48.6 Å². The Hall–Kier alpha value is -1.59. The van der Waals surface area contributed by atoms with E-state index in [0.29, 0.717) is 18.2 Å². The molecular weight excluding hydrogens is 352 g/mol. The van der Waals surface area contributed by atoms with Crippen LogP contribution in [0.1, 0.15) is 44.1 Å². The smallest absolute Gasteiger partial charge is 0.249 e. The van der Waals surface area contributed by atoms with Crippen LogP contribution in [0.3, 0.4) is 0 Å². The van der Waals surface area contributed by atoms with Gasteiger partial charge in [-0.15, -0.1) is 0 Å². The molecule has 1 aliphatic carbocycles. The van der Waals surface area contributed by atoms with Gasteiger partial charge in [-0.25, -0.2) is 0 Å². The number of benzene rings is 1. The average molecular weight is 377 g/mol. The highest BCUT2D eigenvalue weighted by Crippen LogP contribution is 2.50. The lowest BCUT2D eigenvalue weighted by atomic mass is 9.93. The molecule has 3 aliphatic rings. The molecular formula is C20H25ClN2O3. The second-order valence-electron chi connectivity index (χ2n) is 7.69. The van der Waals surface area contributed by atoms with E-state index in [1.807, 2.05) is 29.2 Å². The minimum Gasteiger partial charge on any atom is -0.368 e. The van der Waals surface area contributed by atoms with Gasteiger partial charge in [-0.05, 0) is 56.2 Å². The minimum absolute atomic E-state index is 0.0189. The third-order valence-electron chi connectivity index (χ3n) is 5.83. The van der Waals surface area contributed by atoms with Crippen LogP contribution in [0.4, 0.5) is 0 Å². The van der Waals surface area contributed by atoms with Crippen LogP contribution in [-0.2, 0) is 19.7 Å². The van der Waals surface area contributed by atoms with Gasteiger partial charge in [-0.1, -0.05) is 23.7 Å². The van der Waals surface area contributed by atoms with Crippen molar-refractivity contribution in [3.05, 3.63) is 34.9 Å². The summed E-state index contributed by atoms with van der Waals surface area (Å²) >= 11 is 5.99. The summed E-state index contributed by atoms with van der Waals surface area (Å²) in [6.45, 7) is 2.02. The van der Waals surface area contributed by atoms with Gasteiger partial charge in [-0.2, -0.15) is 0 Å². The number of halogens is 1. The van der Waals surface area contributed by atoms with Crippen molar-refractivity contribution in [2.24, 2.45) is 0 Å². The number of hydrogen-bond donors (Lipinski definition) is 1. The van der Waals surface area contributed by atoms with Crippen LogP contribution in [0.2, 0.25) is 5.02 Å². The van der Waals surface area contributed by atoms with Gasteiger partial charge >= 0.3 is 0 Å². The molecule has 140 valence electrons. The molecule has 2 heterocycles. The standard InChI is InChI=1S/C20H25ClN2O3/c21-15-7-5-14(6-8-15)20(9-10-20)19(25)23-11-1-3-16(13-23)22-18(24)17-4-2-12-26-17/h5-8,16-17H,1-4,9-13H2,(H,22,24). The summed E-state index contributed by atoms with van der Waals surface area (Å²) in [5.41, 5.74) is 0.669. The molecule has 4 rings (SSSR count). The van der Waals surface area contributed by atoms with E-state index in [9.17, 15) is 9.59 Å². The summed E-state index contributed by atoms with van der Waals surface area (Å²) < 4.78 is 5.46. The lowest BCUT2D eigenvalue weighted by molar-refractivity contribution is -0.137. The average Bonchev–Trinajstić information content (AvgIpc) is 3.27. The van der Waals surface area contributed by atoms with Crippen molar-refractivity contribution in [2.45, 2.75) is 56.1 Å². The fourth-order valence-corrected chi connectivity index (χ4v) is 4.31. The zero-order valence-corrected chi connectivity index (χ0v) is 15.6. The Morgan fingerprint density at radius 2 is 1.92 bits per heavy atom.